The van der Waals surface area contributed by atoms with Crippen LogP contribution in [-0.4, -0.2) is 31.7 Å². The topological polar surface area (TPSA) is 66.5 Å². The van der Waals surface area contributed by atoms with Crippen molar-refractivity contribution >= 4 is 33.0 Å². The van der Waals surface area contributed by atoms with Gasteiger partial charge >= 0.3 is 0 Å². The van der Waals surface area contributed by atoms with Gasteiger partial charge in [-0.2, -0.15) is 4.31 Å². The summed E-state index contributed by atoms with van der Waals surface area (Å²) >= 11 is 1.64. The Bertz CT molecular complexity index is 1100. The Morgan fingerprint density at radius 2 is 1.70 bits per heavy atom. The zero-order valence-corrected chi connectivity index (χ0v) is 18.2. The molecule has 1 saturated heterocycles. The maximum Gasteiger partial charge on any atom is 0.243 e. The second-order valence-electron chi connectivity index (χ2n) is 7.33. The van der Waals surface area contributed by atoms with Gasteiger partial charge in [-0.1, -0.05) is 36.4 Å². The molecule has 2 heterocycles. The van der Waals surface area contributed by atoms with Crippen molar-refractivity contribution in [1.29, 1.82) is 0 Å². The van der Waals surface area contributed by atoms with Crippen molar-refractivity contribution in [2.75, 3.05) is 18.4 Å². The molecule has 3 aromatic rings. The van der Waals surface area contributed by atoms with Gasteiger partial charge in [-0.05, 0) is 54.5 Å². The number of para-hydroxylation sites is 1. The summed E-state index contributed by atoms with van der Waals surface area (Å²) in [5.41, 5.74) is 2.76. The molecule has 4 rings (SSSR count). The first-order chi connectivity index (χ1) is 14.5. The number of nitrogens with one attached hydrogen (secondary N) is 1. The predicted octanol–water partition coefficient (Wildman–Crippen LogP) is 4.77. The third-order valence-corrected chi connectivity index (χ3v) is 8.07. The molecule has 1 aliphatic rings. The first kappa shape index (κ1) is 20.8. The van der Waals surface area contributed by atoms with E-state index in [2.05, 4.69) is 5.32 Å². The van der Waals surface area contributed by atoms with Crippen molar-refractivity contribution in [2.45, 2.75) is 30.6 Å². The summed E-state index contributed by atoms with van der Waals surface area (Å²) in [7, 11) is -3.40. The van der Waals surface area contributed by atoms with Crippen LogP contribution in [0.15, 0.2) is 70.9 Å². The molecule has 0 atom stereocenters. The monoisotopic (exact) mass is 440 g/mol. The van der Waals surface area contributed by atoms with Gasteiger partial charge in [0.25, 0.3) is 0 Å². The highest BCUT2D eigenvalue weighted by molar-refractivity contribution is 7.89. The molecule has 1 aromatic heterocycles. The third kappa shape index (κ3) is 4.64. The van der Waals surface area contributed by atoms with Gasteiger partial charge in [0.15, 0.2) is 0 Å². The van der Waals surface area contributed by atoms with E-state index < -0.39 is 10.0 Å². The molecule has 0 unspecified atom stereocenters. The second-order valence-corrected chi connectivity index (χ2v) is 10.2. The highest BCUT2D eigenvalue weighted by Crippen LogP contribution is 2.31. The molecule has 0 radical (unpaired) electrons. The van der Waals surface area contributed by atoms with Crippen LogP contribution in [0.2, 0.25) is 0 Å². The SMILES string of the molecule is O=C(CCc1ccc(S(=O)(=O)N2CCCC2)cc1)Nc1ccccc1-c1cccs1. The smallest absolute Gasteiger partial charge is 0.243 e. The minimum atomic E-state index is -3.40. The van der Waals surface area contributed by atoms with Crippen LogP contribution < -0.4 is 5.32 Å². The number of carbonyl (C=O) groups excluding carboxylic acids is 1. The number of thiophene rings is 1. The van der Waals surface area contributed by atoms with Gasteiger partial charge in [0.2, 0.25) is 15.9 Å². The van der Waals surface area contributed by atoms with Crippen molar-refractivity contribution in [2.24, 2.45) is 0 Å². The number of aryl methyl sites for hydroxylation is 1. The average Bonchev–Trinajstić information content (AvgIpc) is 3.47. The van der Waals surface area contributed by atoms with E-state index in [-0.39, 0.29) is 5.91 Å². The van der Waals surface area contributed by atoms with Gasteiger partial charge in [0.05, 0.1) is 4.90 Å². The van der Waals surface area contributed by atoms with Gasteiger partial charge < -0.3 is 5.32 Å². The van der Waals surface area contributed by atoms with Crippen LogP contribution in [0.3, 0.4) is 0 Å². The van der Waals surface area contributed by atoms with Crippen LogP contribution in [0.5, 0.6) is 0 Å². The molecule has 30 heavy (non-hydrogen) atoms. The molecular weight excluding hydrogens is 416 g/mol. The molecule has 156 valence electrons. The normalized spacial score (nSPS) is 14.7. The standard InChI is InChI=1S/C23H24N2O3S2/c26-23(24-21-7-2-1-6-20(21)22-8-5-17-29-22)14-11-18-9-12-19(13-10-18)30(27,28)25-15-3-4-16-25/h1-2,5-10,12-13,17H,3-4,11,14-16H2,(H,24,26). The zero-order chi connectivity index (χ0) is 21.0. The van der Waals surface area contributed by atoms with E-state index >= 15 is 0 Å². The van der Waals surface area contributed by atoms with Crippen LogP contribution in [0.25, 0.3) is 10.4 Å². The summed E-state index contributed by atoms with van der Waals surface area (Å²) in [6.07, 6.45) is 2.72. The van der Waals surface area contributed by atoms with E-state index in [1.165, 1.54) is 0 Å². The predicted molar refractivity (Wildman–Crippen MR) is 121 cm³/mol. The maximum atomic E-state index is 12.6. The number of sulfonamides is 1. The molecule has 0 aliphatic carbocycles. The van der Waals surface area contributed by atoms with Crippen LogP contribution in [0, 0.1) is 0 Å². The Morgan fingerprint density at radius 3 is 2.40 bits per heavy atom. The Balaban J connectivity index is 1.37. The summed E-state index contributed by atoms with van der Waals surface area (Å²) in [5.74, 6) is -0.0622. The molecule has 0 saturated carbocycles. The van der Waals surface area contributed by atoms with Crippen molar-refractivity contribution in [3.8, 4) is 10.4 Å². The fraction of sp³-hybridized carbons (Fsp3) is 0.261. The van der Waals surface area contributed by atoms with Crippen LogP contribution in [0.1, 0.15) is 24.8 Å². The summed E-state index contributed by atoms with van der Waals surface area (Å²) in [5, 5.41) is 5.02. The first-order valence-electron chi connectivity index (χ1n) is 10.1. The lowest BCUT2D eigenvalue weighted by Crippen LogP contribution is -2.27. The quantitative estimate of drug-likeness (QED) is 0.575. The van der Waals surface area contributed by atoms with Crippen molar-refractivity contribution in [3.63, 3.8) is 0 Å². The molecular formula is C23H24N2O3S2. The Labute approximate surface area is 181 Å². The maximum absolute atomic E-state index is 12.6. The number of hydrogen-bond acceptors (Lipinski definition) is 4. The first-order valence-corrected chi connectivity index (χ1v) is 12.4. The zero-order valence-electron chi connectivity index (χ0n) is 16.6. The third-order valence-electron chi connectivity index (χ3n) is 5.25. The van der Waals surface area contributed by atoms with Crippen LogP contribution >= 0.6 is 11.3 Å². The fourth-order valence-electron chi connectivity index (χ4n) is 3.62. The Kier molecular flexibility index (Phi) is 6.32. The largest absolute Gasteiger partial charge is 0.325 e. The Morgan fingerprint density at radius 1 is 0.967 bits per heavy atom. The van der Waals surface area contributed by atoms with Gasteiger partial charge in [0, 0.05) is 35.6 Å². The molecule has 0 spiro atoms. The molecule has 7 heteroatoms. The van der Waals surface area contributed by atoms with Gasteiger partial charge in [0.1, 0.15) is 0 Å². The molecule has 0 bridgehead atoms. The molecule has 2 aromatic carbocycles. The lowest BCUT2D eigenvalue weighted by atomic mass is 10.1. The van der Waals surface area contributed by atoms with E-state index in [0.29, 0.717) is 30.8 Å². The number of hydrogen-bond donors (Lipinski definition) is 1. The van der Waals surface area contributed by atoms with E-state index in [4.69, 9.17) is 0 Å². The summed E-state index contributed by atoms with van der Waals surface area (Å²) in [6.45, 7) is 1.19. The number of nitrogens with zero attached hydrogens (tertiary/aromatic N) is 1. The lowest BCUT2D eigenvalue weighted by molar-refractivity contribution is -0.116. The van der Waals surface area contributed by atoms with Crippen molar-refractivity contribution in [1.82, 2.24) is 4.31 Å². The van der Waals surface area contributed by atoms with E-state index in [9.17, 15) is 13.2 Å². The van der Waals surface area contributed by atoms with Gasteiger partial charge in [-0.15, -0.1) is 11.3 Å². The number of rotatable bonds is 7. The van der Waals surface area contributed by atoms with E-state index in [1.807, 2.05) is 41.8 Å². The van der Waals surface area contributed by atoms with Crippen molar-refractivity contribution in [3.05, 3.63) is 71.6 Å². The van der Waals surface area contributed by atoms with Gasteiger partial charge in [-0.25, -0.2) is 8.42 Å². The molecule has 5 nitrogen and oxygen atoms in total. The Hall–Kier alpha value is -2.48. The van der Waals surface area contributed by atoms with Crippen LogP contribution in [0.4, 0.5) is 5.69 Å². The lowest BCUT2D eigenvalue weighted by Gasteiger charge is -2.15. The number of benzene rings is 2. The minimum absolute atomic E-state index is 0.0622. The highest BCUT2D eigenvalue weighted by Gasteiger charge is 2.26. The molecule has 1 amide bonds. The van der Waals surface area contributed by atoms with Gasteiger partial charge in [-0.3, -0.25) is 4.79 Å². The van der Waals surface area contributed by atoms with Crippen LogP contribution in [-0.2, 0) is 21.2 Å². The number of carbonyl (C=O) groups is 1. The number of anilines is 1. The van der Waals surface area contributed by atoms with E-state index in [1.54, 1.807) is 39.9 Å². The second kappa shape index (κ2) is 9.12. The fourth-order valence-corrected chi connectivity index (χ4v) is 5.90. The summed E-state index contributed by atoms with van der Waals surface area (Å²) < 4.78 is 26.8. The summed E-state index contributed by atoms with van der Waals surface area (Å²) in [6, 6.07) is 18.7. The van der Waals surface area contributed by atoms with Crippen molar-refractivity contribution < 1.29 is 13.2 Å². The minimum Gasteiger partial charge on any atom is -0.325 e. The number of amides is 1. The highest BCUT2D eigenvalue weighted by atomic mass is 32.2. The summed E-state index contributed by atoms with van der Waals surface area (Å²) in [4.78, 5) is 13.9. The molecule has 1 fully saturated rings. The van der Waals surface area contributed by atoms with E-state index in [0.717, 1.165) is 34.5 Å². The molecule has 1 N–H and O–H groups in total. The molecule has 1 aliphatic heterocycles. The average molecular weight is 441 g/mol.